The number of pyridine rings is 1. The molecule has 1 aliphatic heterocycles. The summed E-state index contributed by atoms with van der Waals surface area (Å²) in [4.78, 5) is 42.7. The van der Waals surface area contributed by atoms with Gasteiger partial charge in [-0.05, 0) is 37.1 Å². The molecule has 0 fully saturated rings. The minimum atomic E-state index is -0.620. The van der Waals surface area contributed by atoms with Gasteiger partial charge >= 0.3 is 0 Å². The fourth-order valence-corrected chi connectivity index (χ4v) is 2.89. The maximum absolute atomic E-state index is 12.9. The molecule has 2 heterocycles. The number of allylic oxidation sites excluding steroid dienone is 3. The van der Waals surface area contributed by atoms with Crippen LogP contribution in [0.3, 0.4) is 0 Å². The first kappa shape index (κ1) is 22.6. The Morgan fingerprint density at radius 3 is 2.63 bits per heavy atom. The Labute approximate surface area is 173 Å². The normalized spacial score (nSPS) is 15.1. The molecule has 10 heteroatoms. The number of aromatic nitrogens is 1. The number of nitrogens with two attached hydrogens (primary N) is 2. The highest BCUT2D eigenvalue weighted by molar-refractivity contribution is 5.99. The lowest BCUT2D eigenvalue weighted by Crippen LogP contribution is -2.44. The standard InChI is InChI=1S/C20H25FN6O3/c1-26(2)20(30)19-14(12-28)4-3-9-27(19)11-18(29)25-17(23)8-6-15(22)13-5-7-16(21)24-10-13/h5-8,10,12H,3-4,9,11,22-23H2,1-2H3,(H,25,29)/b15-6-,17-8+. The molecule has 1 aromatic heterocycles. The molecule has 9 nitrogen and oxygen atoms in total. The minimum Gasteiger partial charge on any atom is -0.398 e. The van der Waals surface area contributed by atoms with E-state index in [0.29, 0.717) is 36.8 Å². The Morgan fingerprint density at radius 2 is 2.03 bits per heavy atom. The van der Waals surface area contributed by atoms with E-state index in [1.807, 2.05) is 0 Å². The highest BCUT2D eigenvalue weighted by atomic mass is 19.1. The van der Waals surface area contributed by atoms with Crippen molar-refractivity contribution in [3.63, 3.8) is 0 Å². The van der Waals surface area contributed by atoms with Gasteiger partial charge in [-0.3, -0.25) is 14.4 Å². The van der Waals surface area contributed by atoms with Crippen LogP contribution in [0.15, 0.2) is 47.6 Å². The van der Waals surface area contributed by atoms with Crippen LogP contribution in [0.4, 0.5) is 4.39 Å². The van der Waals surface area contributed by atoms with E-state index in [2.05, 4.69) is 10.3 Å². The van der Waals surface area contributed by atoms with Crippen molar-refractivity contribution in [3.8, 4) is 0 Å². The van der Waals surface area contributed by atoms with Gasteiger partial charge in [-0.15, -0.1) is 0 Å². The highest BCUT2D eigenvalue weighted by Gasteiger charge is 2.28. The summed E-state index contributed by atoms with van der Waals surface area (Å²) < 4.78 is 12.9. The van der Waals surface area contributed by atoms with Crippen LogP contribution in [0.25, 0.3) is 5.70 Å². The molecule has 2 amide bonds. The molecule has 30 heavy (non-hydrogen) atoms. The summed E-state index contributed by atoms with van der Waals surface area (Å²) in [5, 5.41) is 2.51. The third kappa shape index (κ3) is 5.90. The number of hydrogen-bond acceptors (Lipinski definition) is 7. The molecule has 0 unspecified atom stereocenters. The van der Waals surface area contributed by atoms with Crippen molar-refractivity contribution >= 4 is 23.8 Å². The number of nitrogens with one attached hydrogen (secondary N) is 1. The van der Waals surface area contributed by atoms with Crippen molar-refractivity contribution in [2.75, 3.05) is 27.2 Å². The van der Waals surface area contributed by atoms with E-state index < -0.39 is 11.9 Å². The molecule has 0 aliphatic carbocycles. The summed E-state index contributed by atoms with van der Waals surface area (Å²) in [6.07, 6.45) is 5.93. The van der Waals surface area contributed by atoms with Crippen LogP contribution in [0.1, 0.15) is 18.4 Å². The number of carbonyl (C=O) groups excluding carboxylic acids is 3. The van der Waals surface area contributed by atoms with Crippen molar-refractivity contribution in [1.29, 1.82) is 0 Å². The Hall–Kier alpha value is -3.69. The molecule has 0 radical (unpaired) electrons. The second kappa shape index (κ2) is 10.2. The van der Waals surface area contributed by atoms with Crippen LogP contribution in [-0.4, -0.2) is 60.1 Å². The number of aldehydes is 1. The number of carbonyl (C=O) groups is 3. The van der Waals surface area contributed by atoms with E-state index in [1.54, 1.807) is 19.0 Å². The van der Waals surface area contributed by atoms with E-state index in [4.69, 9.17) is 11.5 Å². The van der Waals surface area contributed by atoms with Crippen LogP contribution >= 0.6 is 0 Å². The third-order valence-corrected chi connectivity index (χ3v) is 4.37. The zero-order valence-electron chi connectivity index (χ0n) is 16.9. The topological polar surface area (TPSA) is 135 Å². The number of halogens is 1. The second-order valence-corrected chi connectivity index (χ2v) is 6.88. The van der Waals surface area contributed by atoms with Gasteiger partial charge in [-0.25, -0.2) is 4.98 Å². The number of rotatable bonds is 7. The van der Waals surface area contributed by atoms with E-state index >= 15 is 0 Å². The fourth-order valence-electron chi connectivity index (χ4n) is 2.89. The average molecular weight is 416 g/mol. The van der Waals surface area contributed by atoms with Crippen LogP contribution in [-0.2, 0) is 14.4 Å². The van der Waals surface area contributed by atoms with Crippen molar-refractivity contribution in [2.45, 2.75) is 12.8 Å². The quantitative estimate of drug-likeness (QED) is 0.325. The second-order valence-electron chi connectivity index (χ2n) is 6.88. The molecule has 0 bridgehead atoms. The van der Waals surface area contributed by atoms with Gasteiger partial charge in [0.15, 0.2) is 0 Å². The Kier molecular flexibility index (Phi) is 7.68. The lowest BCUT2D eigenvalue weighted by atomic mass is 10.0. The van der Waals surface area contributed by atoms with Gasteiger partial charge in [0.2, 0.25) is 11.9 Å². The van der Waals surface area contributed by atoms with Crippen molar-refractivity contribution in [3.05, 3.63) is 59.1 Å². The third-order valence-electron chi connectivity index (χ3n) is 4.37. The highest BCUT2D eigenvalue weighted by Crippen LogP contribution is 2.22. The molecule has 0 saturated heterocycles. The summed E-state index contributed by atoms with van der Waals surface area (Å²) in [6, 6.07) is 2.64. The minimum absolute atomic E-state index is 0.0371. The molecular formula is C20H25FN6O3. The average Bonchev–Trinajstić information content (AvgIpc) is 2.71. The van der Waals surface area contributed by atoms with Crippen LogP contribution in [0.5, 0.6) is 0 Å². The van der Waals surface area contributed by atoms with Crippen LogP contribution < -0.4 is 16.8 Å². The molecule has 1 aliphatic rings. The monoisotopic (exact) mass is 416 g/mol. The van der Waals surface area contributed by atoms with Gasteiger partial charge in [0, 0.05) is 43.7 Å². The van der Waals surface area contributed by atoms with E-state index in [0.717, 1.165) is 0 Å². The first-order valence-corrected chi connectivity index (χ1v) is 9.22. The van der Waals surface area contributed by atoms with Gasteiger partial charge in [-0.2, -0.15) is 4.39 Å². The number of hydrogen-bond donors (Lipinski definition) is 3. The van der Waals surface area contributed by atoms with Crippen molar-refractivity contribution in [1.82, 2.24) is 20.1 Å². The number of amides is 2. The van der Waals surface area contributed by atoms with Gasteiger partial charge in [0.05, 0.1) is 6.54 Å². The predicted molar refractivity (Wildman–Crippen MR) is 109 cm³/mol. The first-order valence-electron chi connectivity index (χ1n) is 9.22. The van der Waals surface area contributed by atoms with Gasteiger partial charge in [-0.1, -0.05) is 0 Å². The molecule has 1 aromatic rings. The predicted octanol–water partition coefficient (Wildman–Crippen LogP) is 0.0736. The molecule has 0 atom stereocenters. The molecule has 0 aromatic carbocycles. The number of nitrogens with zero attached hydrogens (tertiary/aromatic N) is 3. The lowest BCUT2D eigenvalue weighted by Gasteiger charge is -2.32. The summed E-state index contributed by atoms with van der Waals surface area (Å²) in [6.45, 7) is 0.329. The van der Waals surface area contributed by atoms with Gasteiger partial charge < -0.3 is 26.6 Å². The summed E-state index contributed by atoms with van der Waals surface area (Å²) in [5.74, 6) is -1.37. The van der Waals surface area contributed by atoms with Crippen molar-refractivity contribution in [2.24, 2.45) is 11.5 Å². The van der Waals surface area contributed by atoms with Crippen LogP contribution in [0, 0.1) is 5.95 Å². The largest absolute Gasteiger partial charge is 0.398 e. The Morgan fingerprint density at radius 1 is 1.30 bits per heavy atom. The fraction of sp³-hybridized carbons (Fsp3) is 0.300. The number of likely N-dealkylation sites (N-methyl/N-ethyl adjacent to an activating group) is 1. The zero-order valence-corrected chi connectivity index (χ0v) is 16.9. The maximum Gasteiger partial charge on any atom is 0.270 e. The molecule has 5 N–H and O–H groups in total. The van der Waals surface area contributed by atoms with Gasteiger partial charge in [0.1, 0.15) is 17.8 Å². The molecule has 160 valence electrons. The Bertz CT molecular complexity index is 906. The maximum atomic E-state index is 12.9. The molecule has 2 rings (SSSR count). The zero-order chi connectivity index (χ0) is 22.3. The Balaban J connectivity index is 2.07. The first-order chi connectivity index (χ1) is 14.2. The lowest BCUT2D eigenvalue weighted by molar-refractivity contribution is -0.127. The summed E-state index contributed by atoms with van der Waals surface area (Å²) in [5.41, 5.74) is 13.1. The van der Waals surface area contributed by atoms with E-state index in [1.165, 1.54) is 35.4 Å². The van der Waals surface area contributed by atoms with E-state index in [-0.39, 0.29) is 29.7 Å². The summed E-state index contributed by atoms with van der Waals surface area (Å²) >= 11 is 0. The SMILES string of the molecule is CN(C)C(=O)C1=C(C=O)CCCN1CC(=O)N/C(N)=C/C=C(\N)c1ccc(F)nc1. The summed E-state index contributed by atoms with van der Waals surface area (Å²) in [7, 11) is 3.16. The molecule has 0 saturated carbocycles. The molecular weight excluding hydrogens is 391 g/mol. The van der Waals surface area contributed by atoms with Crippen LogP contribution in [0.2, 0.25) is 0 Å². The smallest absolute Gasteiger partial charge is 0.270 e. The molecule has 0 spiro atoms. The van der Waals surface area contributed by atoms with Crippen molar-refractivity contribution < 1.29 is 18.8 Å². The van der Waals surface area contributed by atoms with Gasteiger partial charge in [0.25, 0.3) is 5.91 Å². The van der Waals surface area contributed by atoms with E-state index in [9.17, 15) is 18.8 Å².